The van der Waals surface area contributed by atoms with Crippen LogP contribution in [0.15, 0.2) is 42.7 Å². The summed E-state index contributed by atoms with van der Waals surface area (Å²) in [6.07, 6.45) is 5.31. The number of carbonyl (C=O) groups is 1. The van der Waals surface area contributed by atoms with E-state index in [1.807, 2.05) is 30.3 Å². The van der Waals surface area contributed by atoms with Gasteiger partial charge in [0.15, 0.2) is 0 Å². The second kappa shape index (κ2) is 8.12. The first-order chi connectivity index (χ1) is 10.7. The molecule has 0 saturated carbocycles. The van der Waals surface area contributed by atoms with E-state index in [4.69, 9.17) is 0 Å². The molecule has 0 saturated heterocycles. The summed E-state index contributed by atoms with van der Waals surface area (Å²) in [5, 5.41) is 2.80. The molecule has 5 heteroatoms. The van der Waals surface area contributed by atoms with Gasteiger partial charge in [0, 0.05) is 18.8 Å². The van der Waals surface area contributed by atoms with Gasteiger partial charge in [-0.2, -0.15) is 0 Å². The number of benzene rings is 1. The molecular formula is C17H22N4O. The molecule has 0 spiro atoms. The smallest absolute Gasteiger partial charge is 0.275 e. The first kappa shape index (κ1) is 15.9. The minimum absolute atomic E-state index is 0.247. The molecule has 0 fully saturated rings. The first-order valence-electron chi connectivity index (χ1n) is 7.68. The second-order valence-corrected chi connectivity index (χ2v) is 5.07. The highest BCUT2D eigenvalue weighted by molar-refractivity contribution is 6.02. The first-order valence-corrected chi connectivity index (χ1v) is 7.68. The van der Waals surface area contributed by atoms with Crippen molar-refractivity contribution in [1.29, 1.82) is 0 Å². The molecule has 1 heterocycles. The molecular weight excluding hydrogens is 276 g/mol. The van der Waals surface area contributed by atoms with Gasteiger partial charge in [-0.3, -0.25) is 4.79 Å². The predicted octanol–water partition coefficient (Wildman–Crippen LogP) is 3.36. The summed E-state index contributed by atoms with van der Waals surface area (Å²) >= 11 is 0. The average Bonchev–Trinajstić information content (AvgIpc) is 2.56. The van der Waals surface area contributed by atoms with Crippen LogP contribution >= 0.6 is 0 Å². The Balaban J connectivity index is 2.05. The van der Waals surface area contributed by atoms with Crippen molar-refractivity contribution in [2.45, 2.75) is 26.7 Å². The topological polar surface area (TPSA) is 58.1 Å². The number of hydrogen-bond donors (Lipinski definition) is 1. The van der Waals surface area contributed by atoms with Gasteiger partial charge in [-0.25, -0.2) is 9.97 Å². The van der Waals surface area contributed by atoms with Crippen molar-refractivity contribution in [2.24, 2.45) is 0 Å². The Morgan fingerprint density at radius 1 is 1.05 bits per heavy atom. The fraction of sp³-hybridized carbons (Fsp3) is 0.353. The molecule has 0 aliphatic heterocycles. The molecule has 2 rings (SSSR count). The van der Waals surface area contributed by atoms with E-state index in [2.05, 4.69) is 34.0 Å². The summed E-state index contributed by atoms with van der Waals surface area (Å²) in [6.45, 7) is 6.16. The molecule has 0 radical (unpaired) electrons. The maximum Gasteiger partial charge on any atom is 0.275 e. The van der Waals surface area contributed by atoms with Crippen molar-refractivity contribution >= 4 is 17.4 Å². The number of aromatic nitrogens is 2. The van der Waals surface area contributed by atoms with E-state index in [9.17, 15) is 4.79 Å². The Bertz CT molecular complexity index is 577. The standard InChI is InChI=1S/C17H22N4O/c1-3-10-21(11-4-2)16-13-18-15(12-19-16)17(22)20-14-8-6-5-7-9-14/h5-9,12-13H,3-4,10-11H2,1-2H3,(H,20,22). The van der Waals surface area contributed by atoms with Crippen LogP contribution in [0, 0.1) is 0 Å². The largest absolute Gasteiger partial charge is 0.355 e. The lowest BCUT2D eigenvalue weighted by Crippen LogP contribution is -2.26. The molecule has 0 aliphatic rings. The van der Waals surface area contributed by atoms with Crippen LogP contribution in [0.1, 0.15) is 37.2 Å². The van der Waals surface area contributed by atoms with Crippen LogP contribution in [-0.4, -0.2) is 29.0 Å². The van der Waals surface area contributed by atoms with Gasteiger partial charge >= 0.3 is 0 Å². The maximum atomic E-state index is 12.1. The maximum absolute atomic E-state index is 12.1. The van der Waals surface area contributed by atoms with Crippen molar-refractivity contribution in [3.63, 3.8) is 0 Å². The Morgan fingerprint density at radius 3 is 2.27 bits per heavy atom. The van der Waals surface area contributed by atoms with E-state index in [0.717, 1.165) is 37.4 Å². The molecule has 1 N–H and O–H groups in total. The third kappa shape index (κ3) is 4.28. The van der Waals surface area contributed by atoms with Crippen molar-refractivity contribution in [1.82, 2.24) is 9.97 Å². The molecule has 0 aliphatic carbocycles. The SMILES string of the molecule is CCCN(CCC)c1cnc(C(=O)Nc2ccccc2)cn1. The van der Waals surface area contributed by atoms with Gasteiger partial charge in [0.05, 0.1) is 12.4 Å². The Morgan fingerprint density at radius 2 is 1.73 bits per heavy atom. The fourth-order valence-electron chi connectivity index (χ4n) is 2.20. The Labute approximate surface area is 131 Å². The minimum Gasteiger partial charge on any atom is -0.355 e. The Kier molecular flexibility index (Phi) is 5.89. The molecule has 0 bridgehead atoms. The lowest BCUT2D eigenvalue weighted by Gasteiger charge is -2.22. The monoisotopic (exact) mass is 298 g/mol. The van der Waals surface area contributed by atoms with Crippen LogP contribution in [0.25, 0.3) is 0 Å². The summed E-state index contributed by atoms with van der Waals surface area (Å²) in [5.74, 6) is 0.572. The number of carbonyl (C=O) groups excluding carboxylic acids is 1. The molecule has 5 nitrogen and oxygen atoms in total. The lowest BCUT2D eigenvalue weighted by atomic mass is 10.3. The molecule has 1 aromatic heterocycles. The number of rotatable bonds is 7. The number of anilines is 2. The summed E-state index contributed by atoms with van der Waals surface area (Å²) in [5.41, 5.74) is 1.07. The van der Waals surface area contributed by atoms with Gasteiger partial charge in [-0.1, -0.05) is 32.0 Å². The normalized spacial score (nSPS) is 10.3. The van der Waals surface area contributed by atoms with Gasteiger partial charge in [0.1, 0.15) is 11.5 Å². The highest BCUT2D eigenvalue weighted by Crippen LogP contribution is 2.12. The number of hydrogen-bond acceptors (Lipinski definition) is 4. The van der Waals surface area contributed by atoms with Gasteiger partial charge in [-0.05, 0) is 25.0 Å². The van der Waals surface area contributed by atoms with Crippen LogP contribution in [0.2, 0.25) is 0 Å². The number of para-hydroxylation sites is 1. The molecule has 0 atom stereocenters. The third-order valence-corrected chi connectivity index (χ3v) is 3.21. The third-order valence-electron chi connectivity index (χ3n) is 3.21. The zero-order chi connectivity index (χ0) is 15.8. The predicted molar refractivity (Wildman–Crippen MR) is 89.2 cm³/mol. The van der Waals surface area contributed by atoms with Crippen LogP contribution in [0.3, 0.4) is 0 Å². The van der Waals surface area contributed by atoms with E-state index in [1.54, 1.807) is 6.20 Å². The van der Waals surface area contributed by atoms with Crippen LogP contribution in [0.4, 0.5) is 11.5 Å². The van der Waals surface area contributed by atoms with Crippen LogP contribution < -0.4 is 10.2 Å². The van der Waals surface area contributed by atoms with Crippen LogP contribution in [0.5, 0.6) is 0 Å². The molecule has 2 aromatic rings. The van der Waals surface area contributed by atoms with Gasteiger partial charge in [-0.15, -0.1) is 0 Å². The van der Waals surface area contributed by atoms with E-state index in [1.165, 1.54) is 6.20 Å². The quantitative estimate of drug-likeness (QED) is 0.851. The molecule has 116 valence electrons. The summed E-state index contributed by atoms with van der Waals surface area (Å²) in [7, 11) is 0. The zero-order valence-corrected chi connectivity index (χ0v) is 13.1. The molecule has 1 amide bonds. The van der Waals surface area contributed by atoms with Gasteiger partial charge in [0.25, 0.3) is 5.91 Å². The fourth-order valence-corrected chi connectivity index (χ4v) is 2.20. The minimum atomic E-state index is -0.247. The van der Waals surface area contributed by atoms with Crippen LogP contribution in [-0.2, 0) is 0 Å². The number of amides is 1. The van der Waals surface area contributed by atoms with Crippen molar-refractivity contribution in [2.75, 3.05) is 23.3 Å². The lowest BCUT2D eigenvalue weighted by molar-refractivity contribution is 0.102. The highest BCUT2D eigenvalue weighted by Gasteiger charge is 2.11. The van der Waals surface area contributed by atoms with Gasteiger partial charge < -0.3 is 10.2 Å². The van der Waals surface area contributed by atoms with E-state index in [0.29, 0.717) is 5.69 Å². The average molecular weight is 298 g/mol. The summed E-state index contributed by atoms with van der Waals surface area (Å²) < 4.78 is 0. The Hall–Kier alpha value is -2.43. The molecule has 22 heavy (non-hydrogen) atoms. The summed E-state index contributed by atoms with van der Waals surface area (Å²) in [6, 6.07) is 9.32. The molecule has 0 unspecified atom stereocenters. The van der Waals surface area contributed by atoms with Crippen molar-refractivity contribution in [3.05, 3.63) is 48.4 Å². The number of nitrogens with one attached hydrogen (secondary N) is 1. The van der Waals surface area contributed by atoms with Gasteiger partial charge in [0.2, 0.25) is 0 Å². The highest BCUT2D eigenvalue weighted by atomic mass is 16.1. The zero-order valence-electron chi connectivity index (χ0n) is 13.1. The van der Waals surface area contributed by atoms with E-state index in [-0.39, 0.29) is 5.91 Å². The van der Waals surface area contributed by atoms with Crippen molar-refractivity contribution in [3.8, 4) is 0 Å². The molecule has 1 aromatic carbocycles. The van der Waals surface area contributed by atoms with Crippen molar-refractivity contribution < 1.29 is 4.79 Å². The van der Waals surface area contributed by atoms with E-state index >= 15 is 0 Å². The summed E-state index contributed by atoms with van der Waals surface area (Å²) in [4.78, 5) is 22.9. The second-order valence-electron chi connectivity index (χ2n) is 5.07. The number of nitrogens with zero attached hydrogens (tertiary/aromatic N) is 3. The van der Waals surface area contributed by atoms with E-state index < -0.39 is 0 Å².